The summed E-state index contributed by atoms with van der Waals surface area (Å²) in [6.45, 7) is 10.1. The fourth-order valence-electron chi connectivity index (χ4n) is 11.7. The Kier molecular flexibility index (Phi) is 14.1. The lowest BCUT2D eigenvalue weighted by atomic mass is 9.95. The molecule has 6 aromatic heterocycles. The second-order valence-electron chi connectivity index (χ2n) is 20.3. The Hall–Kier alpha value is -5.95. The van der Waals surface area contributed by atoms with Crippen molar-refractivity contribution in [2.45, 2.75) is 128 Å². The molecule has 384 valence electrons. The van der Waals surface area contributed by atoms with Crippen molar-refractivity contribution in [3.05, 3.63) is 119 Å². The number of pyridine rings is 2. The van der Waals surface area contributed by atoms with Crippen molar-refractivity contribution < 1.29 is 27.7 Å². The Morgan fingerprint density at radius 1 is 0.630 bits per heavy atom. The number of nitrogens with two attached hydrogens (primary N) is 1. The Labute approximate surface area is 428 Å². The standard InChI is InChI=1S/C28H32FN5O2.C26H27ClFN5O2.CH5N/c1-5-21-19-10-11-34(27(19)32-15-31-21)23-14-18(24-25(23)36-28(2,3)35-24)9-7-16-6-8-17-13-20(29)26(30-4)33-22(17)12-16;1-26(2)34-21-16(7-5-14-4-6-15-11-18(28)24(29-3)32-19(15)10-14)12-20(22(21)35-26)33-9-8-17-23(27)30-13-31-25(17)33;1-2/h6,8,10-13,15,18,23-25H,5,7,9,14H2,1-4H3,(H,30,33);4,6,8-11,13,16,20-22H,5,7,12H2,1-3H3,(H,29,32);2H2,1H3/t18-,23+,24+,25-;16-,20+,21+,22-;/m00./s1. The van der Waals surface area contributed by atoms with E-state index in [1.165, 1.54) is 36.6 Å². The predicted octanol–water partition coefficient (Wildman–Crippen LogP) is 10.5. The van der Waals surface area contributed by atoms with Crippen LogP contribution >= 0.6 is 11.6 Å². The van der Waals surface area contributed by atoms with Crippen LogP contribution in [0.15, 0.2) is 85.7 Å². The summed E-state index contributed by atoms with van der Waals surface area (Å²) >= 11 is 6.30. The van der Waals surface area contributed by atoms with Crippen molar-refractivity contribution in [1.82, 2.24) is 39.0 Å². The first-order chi connectivity index (χ1) is 35.2. The SMILES string of the molecule is CCc1ncnc2c1ccn2[C@@H]1C[C@H](CCc2ccc3cc(F)c(NC)nc3c2)[C@H]2OC(C)(C)O[C@H]21.CN.CNc1nc2cc(CC[C@H]3C[C@@H](n4ccc5c(Cl)ncnc54)[C@@H]4OC(C)(C)O[C@H]34)ccc2cc1F. The summed E-state index contributed by atoms with van der Waals surface area (Å²) in [4.78, 5) is 26.6. The van der Waals surface area contributed by atoms with Gasteiger partial charge in [0.25, 0.3) is 0 Å². The molecule has 0 radical (unpaired) electrons. The number of rotatable bonds is 11. The second kappa shape index (κ2) is 20.4. The number of hydrogen-bond acceptors (Lipinski definition) is 13. The summed E-state index contributed by atoms with van der Waals surface area (Å²) in [6, 6.07) is 19.5. The van der Waals surface area contributed by atoms with Gasteiger partial charge >= 0.3 is 0 Å². The molecule has 2 aliphatic heterocycles. The van der Waals surface area contributed by atoms with E-state index in [0.717, 1.165) is 94.5 Å². The van der Waals surface area contributed by atoms with Gasteiger partial charge in [-0.1, -0.05) is 42.8 Å². The van der Waals surface area contributed by atoms with E-state index in [1.54, 1.807) is 20.4 Å². The number of benzene rings is 2. The summed E-state index contributed by atoms with van der Waals surface area (Å²) in [5, 5.41) is 9.64. The maximum atomic E-state index is 14.1. The van der Waals surface area contributed by atoms with Gasteiger partial charge in [0.05, 0.1) is 46.4 Å². The maximum absolute atomic E-state index is 14.1. The molecule has 4 aliphatic rings. The third-order valence-electron chi connectivity index (χ3n) is 15.0. The molecule has 8 atom stereocenters. The van der Waals surface area contributed by atoms with Gasteiger partial charge in [-0.15, -0.1) is 0 Å². The fraction of sp³-hybridized carbons (Fsp3) is 0.455. The highest BCUT2D eigenvalue weighted by Crippen LogP contribution is 2.51. The molecule has 2 saturated carbocycles. The first-order valence-electron chi connectivity index (χ1n) is 25.3. The van der Waals surface area contributed by atoms with Crippen molar-refractivity contribution in [2.24, 2.45) is 17.6 Å². The molecule has 0 spiro atoms. The number of anilines is 2. The van der Waals surface area contributed by atoms with Gasteiger partial charge in [-0.2, -0.15) is 0 Å². The number of fused-ring (bicyclic) bond motifs is 6. The first kappa shape index (κ1) is 50.6. The molecule has 2 aliphatic carbocycles. The van der Waals surface area contributed by atoms with Crippen LogP contribution in [0.4, 0.5) is 20.4 Å². The molecule has 8 heterocycles. The Bertz CT molecular complexity index is 3300. The van der Waals surface area contributed by atoms with Crippen LogP contribution in [0.5, 0.6) is 0 Å². The third-order valence-corrected chi connectivity index (χ3v) is 15.3. The van der Waals surface area contributed by atoms with Gasteiger partial charge in [-0.25, -0.2) is 38.7 Å². The van der Waals surface area contributed by atoms with Gasteiger partial charge in [0.2, 0.25) is 0 Å². The molecule has 2 saturated heterocycles. The van der Waals surface area contributed by atoms with Crippen LogP contribution < -0.4 is 16.4 Å². The molecule has 4 N–H and O–H groups in total. The van der Waals surface area contributed by atoms with Crippen LogP contribution in [-0.2, 0) is 38.2 Å². The Morgan fingerprint density at radius 3 is 1.56 bits per heavy atom. The van der Waals surface area contributed by atoms with Gasteiger partial charge in [0, 0.05) is 42.6 Å². The minimum Gasteiger partial charge on any atom is -0.371 e. The lowest BCUT2D eigenvalue weighted by molar-refractivity contribution is -0.160. The predicted molar refractivity (Wildman–Crippen MR) is 281 cm³/mol. The van der Waals surface area contributed by atoms with Crippen LogP contribution in [0.1, 0.15) is 89.2 Å². The van der Waals surface area contributed by atoms with Gasteiger partial charge in [-0.3, -0.25) is 0 Å². The lowest BCUT2D eigenvalue weighted by Crippen LogP contribution is -2.27. The monoisotopic (exact) mass is 1020 g/mol. The van der Waals surface area contributed by atoms with Gasteiger partial charge < -0.3 is 44.4 Å². The molecular formula is C55H64ClF2N11O4. The molecule has 0 bridgehead atoms. The topological polar surface area (TPSA) is 174 Å². The minimum absolute atomic E-state index is 0.00618. The van der Waals surface area contributed by atoms with E-state index in [2.05, 4.69) is 92.8 Å². The zero-order valence-electron chi connectivity index (χ0n) is 42.6. The van der Waals surface area contributed by atoms with E-state index in [0.29, 0.717) is 17.0 Å². The van der Waals surface area contributed by atoms with E-state index in [1.807, 2.05) is 58.2 Å². The zero-order valence-corrected chi connectivity index (χ0v) is 43.3. The maximum Gasteiger partial charge on any atom is 0.166 e. The number of aromatic nitrogens is 8. The van der Waals surface area contributed by atoms with Crippen LogP contribution in [-0.4, -0.2) is 96.2 Å². The van der Waals surface area contributed by atoms with Crippen LogP contribution in [0.2, 0.25) is 5.15 Å². The van der Waals surface area contributed by atoms with E-state index in [4.69, 9.17) is 30.5 Å². The van der Waals surface area contributed by atoms with Gasteiger partial charge in [0.15, 0.2) is 34.8 Å². The summed E-state index contributed by atoms with van der Waals surface area (Å²) in [6.07, 6.45) is 13.7. The highest BCUT2D eigenvalue weighted by Gasteiger charge is 2.55. The van der Waals surface area contributed by atoms with Gasteiger partial charge in [-0.05, 0) is 139 Å². The highest BCUT2D eigenvalue weighted by molar-refractivity contribution is 6.33. The van der Waals surface area contributed by atoms with E-state index in [-0.39, 0.29) is 59.8 Å². The summed E-state index contributed by atoms with van der Waals surface area (Å²) in [7, 11) is 4.86. The molecule has 18 heteroatoms. The fourth-order valence-corrected chi connectivity index (χ4v) is 11.9. The number of halogens is 3. The second-order valence-corrected chi connectivity index (χ2v) is 20.6. The summed E-state index contributed by atoms with van der Waals surface area (Å²) in [5.74, 6) is -0.743. The Balaban J connectivity index is 0.000000162. The van der Waals surface area contributed by atoms with E-state index < -0.39 is 11.6 Å². The quantitative estimate of drug-likeness (QED) is 0.105. The number of hydrogen-bond donors (Lipinski definition) is 3. The van der Waals surface area contributed by atoms with Crippen LogP contribution in [0, 0.1) is 23.5 Å². The number of aryl methyl sites for hydroxylation is 3. The smallest absolute Gasteiger partial charge is 0.166 e. The van der Waals surface area contributed by atoms with Crippen LogP contribution in [0.3, 0.4) is 0 Å². The molecule has 4 fully saturated rings. The van der Waals surface area contributed by atoms with Crippen molar-refractivity contribution in [3.8, 4) is 0 Å². The van der Waals surface area contributed by atoms with Crippen molar-refractivity contribution in [3.63, 3.8) is 0 Å². The Morgan fingerprint density at radius 2 is 1.08 bits per heavy atom. The summed E-state index contributed by atoms with van der Waals surface area (Å²) in [5.41, 5.74) is 11.3. The molecule has 2 aromatic carbocycles. The van der Waals surface area contributed by atoms with Crippen molar-refractivity contribution in [2.75, 3.05) is 31.8 Å². The molecule has 15 nitrogen and oxygen atoms in total. The normalized spacial score (nSPS) is 24.6. The van der Waals surface area contributed by atoms with E-state index >= 15 is 0 Å². The van der Waals surface area contributed by atoms with Crippen LogP contribution in [0.25, 0.3) is 43.9 Å². The van der Waals surface area contributed by atoms with E-state index in [9.17, 15) is 8.78 Å². The molecule has 0 amide bonds. The van der Waals surface area contributed by atoms with Crippen molar-refractivity contribution >= 4 is 67.1 Å². The molecule has 12 rings (SSSR count). The third kappa shape index (κ3) is 9.83. The number of ether oxygens (including phenoxy) is 4. The minimum atomic E-state index is -0.637. The van der Waals surface area contributed by atoms with Gasteiger partial charge in [0.1, 0.15) is 41.3 Å². The molecule has 73 heavy (non-hydrogen) atoms. The first-order valence-corrected chi connectivity index (χ1v) is 25.7. The summed E-state index contributed by atoms with van der Waals surface area (Å²) < 4.78 is 58.3. The highest BCUT2D eigenvalue weighted by atomic mass is 35.5. The largest absolute Gasteiger partial charge is 0.371 e. The van der Waals surface area contributed by atoms with Crippen molar-refractivity contribution in [1.29, 1.82) is 0 Å². The zero-order chi connectivity index (χ0) is 51.3. The number of nitrogens with one attached hydrogen (secondary N) is 2. The number of nitrogens with zero attached hydrogens (tertiary/aromatic N) is 8. The molecule has 8 aromatic rings. The molecule has 0 unspecified atom stereocenters. The molecular weight excluding hydrogens is 952 g/mol. The average Bonchev–Trinajstić information content (AvgIpc) is 4.25. The average molecular weight is 1020 g/mol. The lowest BCUT2D eigenvalue weighted by Gasteiger charge is -2.24.